The third-order valence-electron chi connectivity index (χ3n) is 21.2. The lowest BCUT2D eigenvalue weighted by molar-refractivity contribution is 1.07. The van der Waals surface area contributed by atoms with Gasteiger partial charge in [0.15, 0.2) is 23.3 Å². The van der Waals surface area contributed by atoms with Gasteiger partial charge in [0.2, 0.25) is 0 Å². The van der Waals surface area contributed by atoms with Crippen molar-refractivity contribution < 1.29 is 0 Å². The van der Waals surface area contributed by atoms with E-state index in [1.54, 1.807) is 0 Å². The average molecular weight is 1380 g/mol. The van der Waals surface area contributed by atoms with Crippen molar-refractivity contribution in [2.75, 3.05) is 0 Å². The highest BCUT2D eigenvalue weighted by molar-refractivity contribution is 6.30. The van der Waals surface area contributed by atoms with Crippen LogP contribution >= 0.6 is 0 Å². The molecule has 0 N–H and O–H groups in total. The van der Waals surface area contributed by atoms with E-state index in [1.165, 1.54) is 70.7 Å². The molecule has 0 amide bonds. The highest BCUT2D eigenvalue weighted by Gasteiger charge is 2.25. The topological polar surface area (TPSA) is 84.2 Å². The quantitative estimate of drug-likeness (QED) is 0.136. The molecule has 22 rings (SSSR count). The number of nitrogens with zero attached hydrogens (tertiary/aromatic N) is 9. The molecule has 22 aromatic rings. The van der Waals surface area contributed by atoms with E-state index < -0.39 is 0 Å². The zero-order chi connectivity index (χ0) is 71.2. The molecular formula is C99H63N9. The smallest absolute Gasteiger partial charge is 0.164 e. The van der Waals surface area contributed by atoms with E-state index in [0.29, 0.717) is 23.3 Å². The van der Waals surface area contributed by atoms with Crippen molar-refractivity contribution >= 4 is 109 Å². The predicted molar refractivity (Wildman–Crippen MR) is 447 cm³/mol. The van der Waals surface area contributed by atoms with Crippen molar-refractivity contribution in [2.45, 2.75) is 0 Å². The van der Waals surface area contributed by atoms with Crippen LogP contribution in [-0.4, -0.2) is 43.2 Å². The molecule has 9 nitrogen and oxygen atoms in total. The SMILES string of the molecule is c1ccc(-c2cc(-c3cc(-n4c5ccccc5c5c6c7ccccc7n(-c7ccccc7)c6ccc54)cc4ccccc34)nc(-c3ccccc3)n2)cc1.c1ccc(-c2nc(-c3ccccc3)nc(-c3cc(-n4c5ccccc5c5c6c7ccccc7n(-c7ccccc7)c6ccc54)cc4ccccc34)n2)cc1. The van der Waals surface area contributed by atoms with Crippen LogP contribution in [0.25, 0.3) is 200 Å². The van der Waals surface area contributed by atoms with E-state index in [2.05, 4.69) is 340 Å². The lowest BCUT2D eigenvalue weighted by Gasteiger charge is -2.15. The maximum Gasteiger partial charge on any atom is 0.164 e. The second-order valence-electron chi connectivity index (χ2n) is 27.5. The molecule has 0 bridgehead atoms. The fourth-order valence-corrected chi connectivity index (χ4v) is 16.5. The highest BCUT2D eigenvalue weighted by Crippen LogP contribution is 2.47. The molecule has 16 aromatic carbocycles. The Labute approximate surface area is 621 Å². The summed E-state index contributed by atoms with van der Waals surface area (Å²) in [6.45, 7) is 0. The Kier molecular flexibility index (Phi) is 14.7. The molecule has 0 atom stereocenters. The van der Waals surface area contributed by atoms with Crippen molar-refractivity contribution in [3.8, 4) is 90.8 Å². The Morgan fingerprint density at radius 2 is 0.444 bits per heavy atom. The predicted octanol–water partition coefficient (Wildman–Crippen LogP) is 25.0. The van der Waals surface area contributed by atoms with Gasteiger partial charge in [-0.05, 0) is 125 Å². The van der Waals surface area contributed by atoms with Crippen LogP contribution in [0, 0.1) is 0 Å². The van der Waals surface area contributed by atoms with E-state index in [9.17, 15) is 0 Å². The summed E-state index contributed by atoms with van der Waals surface area (Å²) in [6, 6.07) is 135. The Morgan fingerprint density at radius 1 is 0.167 bits per heavy atom. The van der Waals surface area contributed by atoms with Gasteiger partial charge in [0, 0.05) is 99.2 Å². The highest BCUT2D eigenvalue weighted by atomic mass is 15.0. The third kappa shape index (κ3) is 10.3. The third-order valence-corrected chi connectivity index (χ3v) is 21.2. The van der Waals surface area contributed by atoms with Crippen molar-refractivity contribution in [2.24, 2.45) is 0 Å². The van der Waals surface area contributed by atoms with Gasteiger partial charge in [-0.25, -0.2) is 24.9 Å². The van der Waals surface area contributed by atoms with Crippen LogP contribution in [0.1, 0.15) is 0 Å². The second kappa shape index (κ2) is 25.6. The molecule has 0 aliphatic heterocycles. The van der Waals surface area contributed by atoms with Crippen molar-refractivity contribution in [3.63, 3.8) is 0 Å². The molecule has 6 aromatic heterocycles. The first-order valence-electron chi connectivity index (χ1n) is 36.6. The standard InChI is InChI=1S/C50H32N4.C49H31N5/c1-4-16-33(17-5-1)42-32-43(52-50(51-42)34-18-6-2-7-19-34)41-31-37(30-35-20-10-11-23-38(35)41)54-45-27-15-13-25-40(45)49-47(54)29-28-46-48(49)39-24-12-14-26-44(39)53(46)36-21-8-3-9-22-36;1-4-16-32(17-5-1)47-50-48(33-18-6-2-7-19-33)52-49(51-47)40-31-36(30-34-20-10-11-23-37(34)40)54-42-27-15-13-25-39(42)46-44(54)29-28-43-45(46)38-24-12-14-26-41(38)53(43)35-21-8-3-9-22-35/h1-32H;1-31H. The van der Waals surface area contributed by atoms with Gasteiger partial charge in [0.1, 0.15) is 0 Å². The summed E-state index contributed by atoms with van der Waals surface area (Å²) in [5, 5.41) is 14.4. The van der Waals surface area contributed by atoms with Gasteiger partial charge in [0.25, 0.3) is 0 Å². The van der Waals surface area contributed by atoms with Crippen LogP contribution in [0.15, 0.2) is 382 Å². The Morgan fingerprint density at radius 3 is 0.833 bits per heavy atom. The number of hydrogen-bond acceptors (Lipinski definition) is 5. The molecule has 0 aliphatic rings. The minimum Gasteiger partial charge on any atom is -0.309 e. The number of rotatable bonds is 10. The number of aromatic nitrogens is 9. The van der Waals surface area contributed by atoms with Crippen LogP contribution in [0.3, 0.4) is 0 Å². The monoisotopic (exact) mass is 1380 g/mol. The molecule has 0 unspecified atom stereocenters. The van der Waals surface area contributed by atoms with E-state index in [4.69, 9.17) is 24.9 Å². The summed E-state index contributed by atoms with van der Waals surface area (Å²) in [5.74, 6) is 2.62. The number of fused-ring (bicyclic) bond motifs is 16. The van der Waals surface area contributed by atoms with E-state index >= 15 is 0 Å². The Balaban J connectivity index is 0.000000138. The summed E-state index contributed by atoms with van der Waals surface area (Å²) in [4.78, 5) is 25.7. The Bertz CT molecular complexity index is 6720. The van der Waals surface area contributed by atoms with Crippen molar-refractivity contribution in [1.29, 1.82) is 0 Å². The number of para-hydroxylation sites is 6. The van der Waals surface area contributed by atoms with Gasteiger partial charge in [-0.3, -0.25) is 0 Å². The van der Waals surface area contributed by atoms with Gasteiger partial charge in [-0.2, -0.15) is 0 Å². The lowest BCUT2D eigenvalue weighted by Crippen LogP contribution is -2.02. The summed E-state index contributed by atoms with van der Waals surface area (Å²) < 4.78 is 9.63. The molecule has 504 valence electrons. The average Bonchev–Trinajstić information content (AvgIpc) is 1.55. The largest absolute Gasteiger partial charge is 0.309 e. The molecule has 108 heavy (non-hydrogen) atoms. The molecule has 0 saturated heterocycles. The van der Waals surface area contributed by atoms with Crippen molar-refractivity contribution in [3.05, 3.63) is 382 Å². The number of hydrogen-bond donors (Lipinski definition) is 0. The fraction of sp³-hybridized carbons (Fsp3) is 0. The van der Waals surface area contributed by atoms with Crippen molar-refractivity contribution in [1.82, 2.24) is 43.2 Å². The summed E-state index contributed by atoms with van der Waals surface area (Å²) in [7, 11) is 0. The molecule has 0 radical (unpaired) electrons. The second-order valence-corrected chi connectivity index (χ2v) is 27.5. The first-order valence-corrected chi connectivity index (χ1v) is 36.6. The summed E-state index contributed by atoms with van der Waals surface area (Å²) in [6.07, 6.45) is 0. The van der Waals surface area contributed by atoms with E-state index in [-0.39, 0.29) is 0 Å². The molecule has 6 heterocycles. The zero-order valence-corrected chi connectivity index (χ0v) is 58.4. The maximum absolute atomic E-state index is 5.28. The molecule has 0 aliphatic carbocycles. The first kappa shape index (κ1) is 61.9. The van der Waals surface area contributed by atoms with Crippen LogP contribution < -0.4 is 0 Å². The van der Waals surface area contributed by atoms with E-state index in [1.807, 2.05) is 60.7 Å². The minimum atomic E-state index is 0.634. The van der Waals surface area contributed by atoms with Gasteiger partial charge in [0.05, 0.1) is 55.5 Å². The van der Waals surface area contributed by atoms with Crippen LogP contribution in [0.2, 0.25) is 0 Å². The number of benzene rings is 16. The summed E-state index contributed by atoms with van der Waals surface area (Å²) in [5.41, 5.74) is 21.5. The van der Waals surface area contributed by atoms with Crippen LogP contribution in [0.4, 0.5) is 0 Å². The first-order chi connectivity index (χ1) is 53.6. The normalized spacial score (nSPS) is 11.7. The lowest BCUT2D eigenvalue weighted by atomic mass is 9.99. The van der Waals surface area contributed by atoms with Crippen LogP contribution in [0.5, 0.6) is 0 Å². The van der Waals surface area contributed by atoms with Crippen LogP contribution in [-0.2, 0) is 0 Å². The van der Waals surface area contributed by atoms with Gasteiger partial charge >= 0.3 is 0 Å². The summed E-state index contributed by atoms with van der Waals surface area (Å²) >= 11 is 0. The molecule has 0 saturated carbocycles. The molecule has 0 spiro atoms. The van der Waals surface area contributed by atoms with Gasteiger partial charge in [-0.1, -0.05) is 279 Å². The molecular weight excluding hydrogens is 1320 g/mol. The minimum absolute atomic E-state index is 0.634. The maximum atomic E-state index is 5.28. The fourth-order valence-electron chi connectivity index (χ4n) is 16.5. The van der Waals surface area contributed by atoms with Gasteiger partial charge < -0.3 is 18.3 Å². The Hall–Kier alpha value is -14.7. The van der Waals surface area contributed by atoms with Gasteiger partial charge in [-0.15, -0.1) is 0 Å². The van der Waals surface area contributed by atoms with E-state index in [0.717, 1.165) is 106 Å². The zero-order valence-electron chi connectivity index (χ0n) is 58.4. The molecule has 0 fully saturated rings. The molecule has 9 heteroatoms.